The first-order valence-corrected chi connectivity index (χ1v) is 6.76. The Morgan fingerprint density at radius 1 is 1.67 bits per heavy atom. The Bertz CT molecular complexity index is 589. The second kappa shape index (κ2) is 4.37. The summed E-state index contributed by atoms with van der Waals surface area (Å²) >= 11 is 1.29. The largest absolute Gasteiger partial charge is 0.477 e. The molecule has 2 atom stereocenters. The number of hydrogen-bond donors (Lipinski definition) is 1. The van der Waals surface area contributed by atoms with Gasteiger partial charge in [-0.1, -0.05) is 6.92 Å². The predicted octanol–water partition coefficient (Wildman–Crippen LogP) is 2.39. The highest BCUT2D eigenvalue weighted by atomic mass is 32.1. The molecule has 0 spiro atoms. The van der Waals surface area contributed by atoms with Gasteiger partial charge in [-0.05, 0) is 12.5 Å². The van der Waals surface area contributed by atoms with E-state index in [-0.39, 0.29) is 0 Å². The fraction of sp³-hybridized carbons (Fsp3) is 0.500. The molecule has 96 valence electrons. The standard InChI is InChI=1S/C12H14N2O3S/c1-7-6-17-3-2-9(7)14-11-8(5-13-14)4-10(18-11)12(15)16/h4-5,7,9H,2-3,6H2,1H3,(H,15,16). The van der Waals surface area contributed by atoms with Gasteiger partial charge in [0.2, 0.25) is 0 Å². The van der Waals surface area contributed by atoms with Crippen LogP contribution in [0.5, 0.6) is 0 Å². The van der Waals surface area contributed by atoms with Gasteiger partial charge in [0.25, 0.3) is 0 Å². The van der Waals surface area contributed by atoms with Crippen molar-refractivity contribution in [2.45, 2.75) is 19.4 Å². The monoisotopic (exact) mass is 266 g/mol. The number of rotatable bonds is 2. The topological polar surface area (TPSA) is 64.4 Å². The van der Waals surface area contributed by atoms with E-state index in [0.717, 1.165) is 29.9 Å². The lowest BCUT2D eigenvalue weighted by Crippen LogP contribution is -2.28. The zero-order chi connectivity index (χ0) is 12.7. The molecule has 1 fully saturated rings. The van der Waals surface area contributed by atoms with Gasteiger partial charge in [0.05, 0.1) is 18.8 Å². The molecular weight excluding hydrogens is 252 g/mol. The Morgan fingerprint density at radius 2 is 2.50 bits per heavy atom. The van der Waals surface area contributed by atoms with Crippen molar-refractivity contribution >= 4 is 27.5 Å². The summed E-state index contributed by atoms with van der Waals surface area (Å²) in [5, 5.41) is 14.3. The van der Waals surface area contributed by atoms with Crippen molar-refractivity contribution in [3.05, 3.63) is 17.1 Å². The minimum Gasteiger partial charge on any atom is -0.477 e. The number of carbonyl (C=O) groups is 1. The first kappa shape index (κ1) is 11.7. The summed E-state index contributed by atoms with van der Waals surface area (Å²) in [6, 6.07) is 1.99. The predicted molar refractivity (Wildman–Crippen MR) is 68.2 cm³/mol. The highest BCUT2D eigenvalue weighted by molar-refractivity contribution is 7.20. The van der Waals surface area contributed by atoms with E-state index >= 15 is 0 Å². The van der Waals surface area contributed by atoms with Crippen LogP contribution in [-0.4, -0.2) is 34.1 Å². The normalized spacial score (nSPS) is 24.5. The highest BCUT2D eigenvalue weighted by Gasteiger charge is 2.26. The molecule has 1 aliphatic rings. The first-order chi connectivity index (χ1) is 8.66. The fourth-order valence-corrected chi connectivity index (χ4v) is 3.40. The summed E-state index contributed by atoms with van der Waals surface area (Å²) in [5.41, 5.74) is 0. The molecule has 0 bridgehead atoms. The van der Waals surface area contributed by atoms with Crippen LogP contribution in [0.25, 0.3) is 10.2 Å². The molecule has 0 aromatic carbocycles. The Hall–Kier alpha value is -1.40. The molecule has 0 saturated carbocycles. The number of carboxylic acid groups (broad SMARTS) is 1. The maximum absolute atomic E-state index is 11.0. The van der Waals surface area contributed by atoms with Gasteiger partial charge in [-0.2, -0.15) is 5.10 Å². The van der Waals surface area contributed by atoms with E-state index in [1.165, 1.54) is 11.3 Å². The third-order valence-corrected chi connectivity index (χ3v) is 4.52. The second-order valence-electron chi connectivity index (χ2n) is 4.67. The Labute approximate surface area is 108 Å². The van der Waals surface area contributed by atoms with E-state index in [2.05, 4.69) is 12.0 Å². The molecule has 3 rings (SSSR count). The van der Waals surface area contributed by atoms with Crippen LogP contribution in [-0.2, 0) is 4.74 Å². The molecule has 1 saturated heterocycles. The van der Waals surface area contributed by atoms with Crippen LogP contribution in [0.4, 0.5) is 0 Å². The van der Waals surface area contributed by atoms with Gasteiger partial charge in [-0.3, -0.25) is 4.68 Å². The Balaban J connectivity index is 2.03. The number of aromatic carboxylic acids is 1. The molecule has 2 aromatic rings. The molecular formula is C12H14N2O3S. The summed E-state index contributed by atoms with van der Waals surface area (Å²) in [5.74, 6) is -0.472. The molecule has 0 aliphatic carbocycles. The number of thiophene rings is 1. The molecule has 2 unspecified atom stereocenters. The minimum atomic E-state index is -0.872. The summed E-state index contributed by atoms with van der Waals surface area (Å²) in [6.07, 6.45) is 2.68. The van der Waals surface area contributed by atoms with E-state index in [0.29, 0.717) is 16.8 Å². The van der Waals surface area contributed by atoms with Gasteiger partial charge in [0.1, 0.15) is 9.71 Å². The molecule has 1 N–H and O–H groups in total. The minimum absolute atomic E-state index is 0.302. The molecule has 0 radical (unpaired) electrons. The van der Waals surface area contributed by atoms with Crippen molar-refractivity contribution in [3.8, 4) is 0 Å². The van der Waals surface area contributed by atoms with E-state index in [9.17, 15) is 4.79 Å². The fourth-order valence-electron chi connectivity index (χ4n) is 2.42. The third-order valence-electron chi connectivity index (χ3n) is 3.39. The third kappa shape index (κ3) is 1.81. The van der Waals surface area contributed by atoms with Gasteiger partial charge in [0.15, 0.2) is 0 Å². The van der Waals surface area contributed by atoms with Crippen LogP contribution in [0.1, 0.15) is 29.1 Å². The molecule has 5 nitrogen and oxygen atoms in total. The zero-order valence-corrected chi connectivity index (χ0v) is 10.8. The van der Waals surface area contributed by atoms with Crippen molar-refractivity contribution in [1.82, 2.24) is 9.78 Å². The van der Waals surface area contributed by atoms with E-state index in [4.69, 9.17) is 9.84 Å². The summed E-state index contributed by atoms with van der Waals surface area (Å²) in [6.45, 7) is 3.62. The molecule has 18 heavy (non-hydrogen) atoms. The van der Waals surface area contributed by atoms with Crippen LogP contribution < -0.4 is 0 Å². The zero-order valence-electron chi connectivity index (χ0n) is 10.00. The smallest absolute Gasteiger partial charge is 0.345 e. The lowest BCUT2D eigenvalue weighted by Gasteiger charge is -2.29. The molecule has 2 aromatic heterocycles. The highest BCUT2D eigenvalue weighted by Crippen LogP contribution is 2.33. The maximum Gasteiger partial charge on any atom is 0.345 e. The molecule has 6 heteroatoms. The van der Waals surface area contributed by atoms with Crippen LogP contribution in [0.15, 0.2) is 12.3 Å². The van der Waals surface area contributed by atoms with Crippen molar-refractivity contribution in [2.24, 2.45) is 5.92 Å². The van der Waals surface area contributed by atoms with Crippen LogP contribution in [0, 0.1) is 5.92 Å². The van der Waals surface area contributed by atoms with Crippen molar-refractivity contribution in [1.29, 1.82) is 0 Å². The van der Waals surface area contributed by atoms with Crippen molar-refractivity contribution < 1.29 is 14.6 Å². The Kier molecular flexibility index (Phi) is 2.83. The summed E-state index contributed by atoms with van der Waals surface area (Å²) in [7, 11) is 0. The number of hydrogen-bond acceptors (Lipinski definition) is 4. The average molecular weight is 266 g/mol. The van der Waals surface area contributed by atoms with Crippen LogP contribution in [0.3, 0.4) is 0 Å². The number of aromatic nitrogens is 2. The second-order valence-corrected chi connectivity index (χ2v) is 5.70. The van der Waals surface area contributed by atoms with E-state index in [1.54, 1.807) is 12.3 Å². The van der Waals surface area contributed by atoms with Gasteiger partial charge in [-0.15, -0.1) is 11.3 Å². The molecule has 0 amide bonds. The van der Waals surface area contributed by atoms with Crippen LogP contribution in [0.2, 0.25) is 0 Å². The SMILES string of the molecule is CC1COCCC1n1ncc2cc(C(=O)O)sc21. The summed E-state index contributed by atoms with van der Waals surface area (Å²) in [4.78, 5) is 12.3. The number of ether oxygens (including phenoxy) is 1. The van der Waals surface area contributed by atoms with Crippen molar-refractivity contribution in [3.63, 3.8) is 0 Å². The number of fused-ring (bicyclic) bond motifs is 1. The Morgan fingerprint density at radius 3 is 3.22 bits per heavy atom. The van der Waals surface area contributed by atoms with Gasteiger partial charge >= 0.3 is 5.97 Å². The van der Waals surface area contributed by atoms with Gasteiger partial charge < -0.3 is 9.84 Å². The van der Waals surface area contributed by atoms with Gasteiger partial charge in [-0.25, -0.2) is 4.79 Å². The van der Waals surface area contributed by atoms with Gasteiger partial charge in [0, 0.05) is 17.9 Å². The number of carboxylic acids is 1. The average Bonchev–Trinajstić information content (AvgIpc) is 2.89. The maximum atomic E-state index is 11.0. The van der Waals surface area contributed by atoms with Crippen LogP contribution >= 0.6 is 11.3 Å². The van der Waals surface area contributed by atoms with E-state index < -0.39 is 5.97 Å². The quantitative estimate of drug-likeness (QED) is 0.906. The summed E-state index contributed by atoms with van der Waals surface area (Å²) < 4.78 is 7.41. The number of nitrogens with zero attached hydrogens (tertiary/aromatic N) is 2. The lowest BCUT2D eigenvalue weighted by atomic mass is 9.98. The molecule has 3 heterocycles. The molecule has 1 aliphatic heterocycles. The van der Waals surface area contributed by atoms with E-state index in [1.807, 2.05) is 4.68 Å². The first-order valence-electron chi connectivity index (χ1n) is 5.95. The van der Waals surface area contributed by atoms with Crippen molar-refractivity contribution in [2.75, 3.05) is 13.2 Å². The lowest BCUT2D eigenvalue weighted by molar-refractivity contribution is 0.0265.